The topological polar surface area (TPSA) is 78.8 Å². The van der Waals surface area contributed by atoms with Crippen molar-refractivity contribution < 1.29 is 13.0 Å². The number of hydrogen-bond donors (Lipinski definition) is 2. The first-order valence-electron chi connectivity index (χ1n) is 3.73. The predicted octanol–water partition coefficient (Wildman–Crippen LogP) is -0.355. The van der Waals surface area contributed by atoms with E-state index in [1.165, 1.54) is 18.2 Å². The molecule has 15 heavy (non-hydrogen) atoms. The molecule has 1 unspecified atom stereocenters. The molecule has 0 aromatic heterocycles. The molecule has 0 fully saturated rings. The zero-order valence-corrected chi connectivity index (χ0v) is 11.5. The second-order valence-electron chi connectivity index (χ2n) is 2.85. The Hall–Kier alpha value is -0.0500. The van der Waals surface area contributed by atoms with E-state index in [0.717, 1.165) is 0 Å². The van der Waals surface area contributed by atoms with Gasteiger partial charge >= 0.3 is 0 Å². The monoisotopic (exact) mass is 253 g/mol. The number of aliphatic imine (C=N–C) groups is 1. The van der Waals surface area contributed by atoms with Crippen LogP contribution in [0.1, 0.15) is 0 Å². The van der Waals surface area contributed by atoms with Crippen LogP contribution in [-0.2, 0) is 10.1 Å². The Morgan fingerprint density at radius 2 is 2.20 bits per heavy atom. The van der Waals surface area contributed by atoms with Gasteiger partial charge in [-0.1, -0.05) is 6.08 Å². The van der Waals surface area contributed by atoms with Crippen LogP contribution in [0.4, 0.5) is 0 Å². The van der Waals surface area contributed by atoms with Gasteiger partial charge in [0.25, 0.3) is 10.1 Å². The van der Waals surface area contributed by atoms with Gasteiger partial charge in [-0.2, -0.15) is 8.42 Å². The Labute approximate surface area is 114 Å². The van der Waals surface area contributed by atoms with Crippen molar-refractivity contribution in [3.63, 3.8) is 0 Å². The van der Waals surface area contributed by atoms with Crippen molar-refractivity contribution in [2.45, 2.75) is 5.25 Å². The maximum atomic E-state index is 10.8. The van der Waals surface area contributed by atoms with Gasteiger partial charge in [-0.05, 0) is 24.4 Å². The minimum Gasteiger partial charge on any atom is -0.329 e. The number of fused-ring (bicyclic) bond motifs is 1. The summed E-state index contributed by atoms with van der Waals surface area (Å²) in [7, 11) is -4.08. The van der Waals surface area contributed by atoms with E-state index in [1.807, 2.05) is 0 Å². The number of allylic oxidation sites excluding steroid dienone is 1. The van der Waals surface area contributed by atoms with Crippen molar-refractivity contribution in [1.29, 1.82) is 0 Å². The Balaban J connectivity index is 0.00000112. The molecular weight excluding hydrogens is 247 g/mol. The van der Waals surface area contributed by atoms with Gasteiger partial charge in [-0.3, -0.25) is 4.55 Å². The fraction of sp³-hybridized carbons (Fsp3) is 0.143. The van der Waals surface area contributed by atoms with Gasteiger partial charge < -0.3 is 5.32 Å². The van der Waals surface area contributed by atoms with Crippen LogP contribution in [0.3, 0.4) is 0 Å². The maximum absolute atomic E-state index is 10.8. The summed E-state index contributed by atoms with van der Waals surface area (Å²) in [6.07, 6.45) is 4.24. The van der Waals surface area contributed by atoms with E-state index in [2.05, 4.69) is 10.3 Å². The molecule has 1 radical (unpaired) electrons. The van der Waals surface area contributed by atoms with Gasteiger partial charge in [0.15, 0.2) is 5.11 Å². The zero-order chi connectivity index (χ0) is 10.3. The fourth-order valence-electron chi connectivity index (χ4n) is 1.22. The average Bonchev–Trinajstić information content (AvgIpc) is 2.41. The minimum absolute atomic E-state index is 0. The van der Waals surface area contributed by atoms with E-state index in [0.29, 0.717) is 16.5 Å². The molecule has 1 heterocycles. The number of thiocarbonyl (C=S) groups is 1. The number of nitrogens with zero attached hydrogens (tertiary/aromatic N) is 1. The molecule has 0 aromatic carbocycles. The quantitative estimate of drug-likeness (QED) is 0.379. The summed E-state index contributed by atoms with van der Waals surface area (Å²) in [6, 6.07) is 0. The van der Waals surface area contributed by atoms with Gasteiger partial charge in [-0.25, -0.2) is 4.99 Å². The van der Waals surface area contributed by atoms with Gasteiger partial charge in [-0.15, -0.1) is 0 Å². The summed E-state index contributed by atoms with van der Waals surface area (Å²) < 4.78 is 30.4. The van der Waals surface area contributed by atoms with Crippen LogP contribution < -0.4 is 5.32 Å². The first-order valence-corrected chi connectivity index (χ1v) is 5.64. The molecule has 2 rings (SSSR count). The molecule has 0 saturated heterocycles. The summed E-state index contributed by atoms with van der Waals surface area (Å²) >= 11 is 4.78. The van der Waals surface area contributed by atoms with Crippen molar-refractivity contribution >= 4 is 62.7 Å². The van der Waals surface area contributed by atoms with Crippen LogP contribution in [-0.4, -0.2) is 58.6 Å². The summed E-state index contributed by atoms with van der Waals surface area (Å²) in [5.74, 6) is 0. The molecule has 8 heteroatoms. The predicted molar refractivity (Wildman–Crippen MR) is 61.5 cm³/mol. The van der Waals surface area contributed by atoms with Crippen molar-refractivity contribution in [2.24, 2.45) is 4.99 Å². The van der Waals surface area contributed by atoms with E-state index in [9.17, 15) is 8.42 Å². The molecule has 0 bridgehead atoms. The van der Waals surface area contributed by atoms with Gasteiger partial charge in [0.05, 0.1) is 11.4 Å². The van der Waals surface area contributed by atoms with Gasteiger partial charge in [0.1, 0.15) is 5.25 Å². The molecule has 0 spiro atoms. The summed E-state index contributed by atoms with van der Waals surface area (Å²) in [5, 5.41) is 1.99. The molecule has 1 aliphatic carbocycles. The molecule has 5 nitrogen and oxygen atoms in total. The molecule has 75 valence electrons. The first kappa shape index (κ1) is 13.0. The average molecular weight is 253 g/mol. The summed E-state index contributed by atoms with van der Waals surface area (Å²) in [5.41, 5.74) is 1.12. The van der Waals surface area contributed by atoms with Crippen LogP contribution in [0.15, 0.2) is 28.9 Å². The van der Waals surface area contributed by atoms with Crippen molar-refractivity contribution in [3.05, 3.63) is 23.9 Å². The van der Waals surface area contributed by atoms with Crippen LogP contribution in [0, 0.1) is 0 Å². The van der Waals surface area contributed by atoms with E-state index >= 15 is 0 Å². The molecule has 0 amide bonds. The van der Waals surface area contributed by atoms with Gasteiger partial charge in [0.2, 0.25) is 0 Å². The number of rotatable bonds is 1. The zero-order valence-electron chi connectivity index (χ0n) is 7.84. The Kier molecular flexibility index (Phi) is 3.85. The standard InChI is InChI=1S/C7H6N2O3S2.Na/c10-14(11,12)4-1-2-5-6(3-4)9-7(13)8-5;/h1-4H,(H,9,13)(H,10,11,12);. The molecule has 2 aliphatic rings. The van der Waals surface area contributed by atoms with Crippen molar-refractivity contribution in [2.75, 3.05) is 0 Å². The Bertz CT molecular complexity index is 492. The van der Waals surface area contributed by atoms with E-state index < -0.39 is 15.4 Å². The summed E-state index contributed by atoms with van der Waals surface area (Å²) in [6.45, 7) is 0. The molecule has 0 aromatic rings. The van der Waals surface area contributed by atoms with E-state index in [-0.39, 0.29) is 29.6 Å². The minimum atomic E-state index is -4.08. The first-order chi connectivity index (χ1) is 6.47. The van der Waals surface area contributed by atoms with Crippen LogP contribution in [0.25, 0.3) is 0 Å². The number of hydrogen-bond acceptors (Lipinski definition) is 3. The largest absolute Gasteiger partial charge is 0.329 e. The van der Waals surface area contributed by atoms with Crippen LogP contribution >= 0.6 is 12.2 Å². The molecule has 1 atom stereocenters. The molecule has 1 aliphatic heterocycles. The molecule has 2 N–H and O–H groups in total. The SMILES string of the molecule is O=S(=O)(O)C1C=CC2=NC(=S)NC2=C1.[Na]. The second kappa shape index (κ2) is 4.44. The molecular formula is C7H6N2NaO3S2. The van der Waals surface area contributed by atoms with E-state index in [1.54, 1.807) is 0 Å². The summed E-state index contributed by atoms with van der Waals surface area (Å²) in [4.78, 5) is 3.93. The van der Waals surface area contributed by atoms with Crippen LogP contribution in [0.5, 0.6) is 0 Å². The fourth-order valence-corrected chi connectivity index (χ4v) is 2.02. The molecule has 0 saturated carbocycles. The maximum Gasteiger partial charge on any atom is 0.275 e. The Morgan fingerprint density at radius 3 is 2.80 bits per heavy atom. The smallest absolute Gasteiger partial charge is 0.275 e. The van der Waals surface area contributed by atoms with Crippen molar-refractivity contribution in [1.82, 2.24) is 5.32 Å². The number of nitrogens with one attached hydrogen (secondary N) is 1. The Morgan fingerprint density at radius 1 is 1.53 bits per heavy atom. The van der Waals surface area contributed by atoms with Gasteiger partial charge in [0, 0.05) is 29.6 Å². The van der Waals surface area contributed by atoms with E-state index in [4.69, 9.17) is 16.8 Å². The second-order valence-corrected chi connectivity index (χ2v) is 4.81. The van der Waals surface area contributed by atoms with Crippen molar-refractivity contribution in [3.8, 4) is 0 Å². The normalized spacial score (nSPS) is 23.5. The third kappa shape index (κ3) is 2.74. The third-order valence-electron chi connectivity index (χ3n) is 1.86. The van der Waals surface area contributed by atoms with Crippen LogP contribution in [0.2, 0.25) is 0 Å². The third-order valence-corrected chi connectivity index (χ3v) is 3.03.